The summed E-state index contributed by atoms with van der Waals surface area (Å²) in [4.78, 5) is 11.0. The highest BCUT2D eigenvalue weighted by Crippen LogP contribution is 2.17. The number of phenolic OH excluding ortho intramolecular Hbond substituents is 1. The SMILES string of the molecule is COC(=O)C(O)C(N)Cc1ccc(O)c(F)c1. The molecule has 0 aliphatic rings. The van der Waals surface area contributed by atoms with E-state index in [1.165, 1.54) is 12.1 Å². The van der Waals surface area contributed by atoms with E-state index in [9.17, 15) is 14.3 Å². The average molecular weight is 243 g/mol. The number of hydrogen-bond acceptors (Lipinski definition) is 5. The topological polar surface area (TPSA) is 92.8 Å². The molecule has 0 amide bonds. The van der Waals surface area contributed by atoms with Crippen LogP contribution in [0.2, 0.25) is 0 Å². The minimum Gasteiger partial charge on any atom is -0.505 e. The third-order valence-corrected chi connectivity index (χ3v) is 2.33. The highest BCUT2D eigenvalue weighted by atomic mass is 19.1. The largest absolute Gasteiger partial charge is 0.505 e. The number of methoxy groups -OCH3 is 1. The Kier molecular flexibility index (Phi) is 4.42. The molecule has 1 aromatic carbocycles. The molecule has 0 radical (unpaired) electrons. The van der Waals surface area contributed by atoms with Gasteiger partial charge in [-0.1, -0.05) is 6.07 Å². The Hall–Kier alpha value is -1.66. The van der Waals surface area contributed by atoms with Gasteiger partial charge >= 0.3 is 5.97 Å². The van der Waals surface area contributed by atoms with Crippen LogP contribution < -0.4 is 5.73 Å². The van der Waals surface area contributed by atoms with Crippen molar-refractivity contribution in [1.82, 2.24) is 0 Å². The van der Waals surface area contributed by atoms with Gasteiger partial charge in [0.15, 0.2) is 17.7 Å². The maximum Gasteiger partial charge on any atom is 0.336 e. The summed E-state index contributed by atoms with van der Waals surface area (Å²) in [7, 11) is 1.14. The van der Waals surface area contributed by atoms with E-state index in [1.807, 2.05) is 0 Å². The van der Waals surface area contributed by atoms with E-state index in [0.717, 1.165) is 13.2 Å². The molecule has 2 unspecified atom stereocenters. The quantitative estimate of drug-likeness (QED) is 0.644. The van der Waals surface area contributed by atoms with Gasteiger partial charge in [0.25, 0.3) is 0 Å². The van der Waals surface area contributed by atoms with Crippen LogP contribution >= 0.6 is 0 Å². The molecule has 1 rings (SSSR count). The first kappa shape index (κ1) is 13.4. The van der Waals surface area contributed by atoms with Gasteiger partial charge in [-0.05, 0) is 24.1 Å². The molecule has 0 heterocycles. The number of phenols is 1. The first-order valence-corrected chi connectivity index (χ1v) is 4.94. The van der Waals surface area contributed by atoms with Crippen LogP contribution in [0.4, 0.5) is 4.39 Å². The monoisotopic (exact) mass is 243 g/mol. The summed E-state index contributed by atoms with van der Waals surface area (Å²) >= 11 is 0. The van der Waals surface area contributed by atoms with E-state index < -0.39 is 29.7 Å². The third-order valence-electron chi connectivity index (χ3n) is 2.33. The van der Waals surface area contributed by atoms with Crippen LogP contribution in [0.3, 0.4) is 0 Å². The summed E-state index contributed by atoms with van der Waals surface area (Å²) in [6, 6.07) is 2.84. The molecule has 17 heavy (non-hydrogen) atoms. The Morgan fingerprint density at radius 1 is 1.59 bits per heavy atom. The van der Waals surface area contributed by atoms with E-state index in [1.54, 1.807) is 0 Å². The average Bonchev–Trinajstić information content (AvgIpc) is 2.31. The van der Waals surface area contributed by atoms with E-state index in [-0.39, 0.29) is 6.42 Å². The van der Waals surface area contributed by atoms with E-state index in [2.05, 4.69) is 4.74 Å². The first-order valence-electron chi connectivity index (χ1n) is 4.94. The highest BCUT2D eigenvalue weighted by molar-refractivity contribution is 5.75. The second kappa shape index (κ2) is 5.60. The number of esters is 1. The van der Waals surface area contributed by atoms with Crippen molar-refractivity contribution < 1.29 is 24.1 Å². The molecule has 1 aromatic rings. The molecule has 0 aliphatic heterocycles. The number of benzene rings is 1. The predicted molar refractivity (Wildman–Crippen MR) is 57.8 cm³/mol. The number of rotatable bonds is 4. The molecule has 2 atom stereocenters. The van der Waals surface area contributed by atoms with Gasteiger partial charge < -0.3 is 20.7 Å². The van der Waals surface area contributed by atoms with Crippen molar-refractivity contribution >= 4 is 5.97 Å². The molecule has 0 aromatic heterocycles. The first-order chi connectivity index (χ1) is 7.95. The molecular weight excluding hydrogens is 229 g/mol. The number of ether oxygens (including phenoxy) is 1. The fourth-order valence-corrected chi connectivity index (χ4v) is 1.36. The van der Waals surface area contributed by atoms with Crippen LogP contribution in [0.5, 0.6) is 5.75 Å². The lowest BCUT2D eigenvalue weighted by Gasteiger charge is -2.16. The van der Waals surface area contributed by atoms with E-state index in [4.69, 9.17) is 10.8 Å². The van der Waals surface area contributed by atoms with Gasteiger partial charge in [0.1, 0.15) is 0 Å². The van der Waals surface area contributed by atoms with Crippen molar-refractivity contribution in [3.05, 3.63) is 29.6 Å². The molecule has 0 fully saturated rings. The smallest absolute Gasteiger partial charge is 0.336 e. The minimum atomic E-state index is -1.46. The van der Waals surface area contributed by atoms with E-state index in [0.29, 0.717) is 5.56 Å². The Labute approximate surface area is 97.6 Å². The number of carbonyl (C=O) groups is 1. The van der Waals surface area contributed by atoms with Crippen molar-refractivity contribution in [2.75, 3.05) is 7.11 Å². The van der Waals surface area contributed by atoms with Crippen LogP contribution in [-0.4, -0.2) is 35.4 Å². The summed E-state index contributed by atoms with van der Waals surface area (Å²) in [6.45, 7) is 0. The van der Waals surface area contributed by atoms with Crippen LogP contribution in [0.1, 0.15) is 5.56 Å². The lowest BCUT2D eigenvalue weighted by Crippen LogP contribution is -2.42. The molecule has 94 valence electrons. The number of nitrogens with two attached hydrogens (primary N) is 1. The summed E-state index contributed by atoms with van der Waals surface area (Å²) < 4.78 is 17.3. The minimum absolute atomic E-state index is 0.0907. The maximum absolute atomic E-state index is 13.0. The Morgan fingerprint density at radius 2 is 2.24 bits per heavy atom. The van der Waals surface area contributed by atoms with E-state index >= 15 is 0 Å². The van der Waals surface area contributed by atoms with Crippen molar-refractivity contribution in [2.45, 2.75) is 18.6 Å². The van der Waals surface area contributed by atoms with Crippen molar-refractivity contribution in [1.29, 1.82) is 0 Å². The number of halogens is 1. The van der Waals surface area contributed by atoms with Gasteiger partial charge in [0.05, 0.1) is 7.11 Å². The molecule has 5 nitrogen and oxygen atoms in total. The van der Waals surface area contributed by atoms with Crippen molar-refractivity contribution in [3.8, 4) is 5.75 Å². The Bertz CT molecular complexity index is 410. The Balaban J connectivity index is 2.70. The summed E-state index contributed by atoms with van der Waals surface area (Å²) in [5.41, 5.74) is 6.05. The van der Waals surface area contributed by atoms with Crippen molar-refractivity contribution in [2.24, 2.45) is 5.73 Å². The van der Waals surface area contributed by atoms with Gasteiger partial charge in [0, 0.05) is 6.04 Å². The number of aliphatic hydroxyl groups is 1. The van der Waals surface area contributed by atoms with Crippen LogP contribution in [0.25, 0.3) is 0 Å². The highest BCUT2D eigenvalue weighted by Gasteiger charge is 2.23. The zero-order valence-corrected chi connectivity index (χ0v) is 9.26. The normalized spacial score (nSPS) is 14.1. The van der Waals surface area contributed by atoms with Gasteiger partial charge in [-0.2, -0.15) is 0 Å². The standard InChI is InChI=1S/C11H14FNO4/c1-17-11(16)10(15)8(13)5-6-2-3-9(14)7(12)4-6/h2-4,8,10,14-15H,5,13H2,1H3. The lowest BCUT2D eigenvalue weighted by atomic mass is 10.0. The van der Waals surface area contributed by atoms with Crippen LogP contribution in [-0.2, 0) is 16.0 Å². The molecule has 0 spiro atoms. The number of aromatic hydroxyl groups is 1. The van der Waals surface area contributed by atoms with Crippen LogP contribution in [0, 0.1) is 5.82 Å². The number of carbonyl (C=O) groups excluding carboxylic acids is 1. The molecular formula is C11H14FNO4. The summed E-state index contributed by atoms with van der Waals surface area (Å²) in [6.07, 6.45) is -1.37. The number of aliphatic hydroxyl groups excluding tert-OH is 1. The maximum atomic E-state index is 13.0. The Morgan fingerprint density at radius 3 is 2.76 bits per heavy atom. The van der Waals surface area contributed by atoms with Crippen LogP contribution in [0.15, 0.2) is 18.2 Å². The summed E-state index contributed by atoms with van der Waals surface area (Å²) in [5.74, 6) is -2.07. The second-order valence-electron chi connectivity index (χ2n) is 3.62. The van der Waals surface area contributed by atoms with Gasteiger partial charge in [0.2, 0.25) is 0 Å². The molecule has 0 saturated carbocycles. The van der Waals surface area contributed by atoms with Crippen molar-refractivity contribution in [3.63, 3.8) is 0 Å². The zero-order valence-electron chi connectivity index (χ0n) is 9.26. The zero-order chi connectivity index (χ0) is 13.0. The second-order valence-corrected chi connectivity index (χ2v) is 3.62. The summed E-state index contributed by atoms with van der Waals surface area (Å²) in [5, 5.41) is 18.4. The lowest BCUT2D eigenvalue weighted by molar-refractivity contribution is -0.151. The van der Waals surface area contributed by atoms with Gasteiger partial charge in [-0.15, -0.1) is 0 Å². The third kappa shape index (κ3) is 3.40. The van der Waals surface area contributed by atoms with Gasteiger partial charge in [-0.3, -0.25) is 0 Å². The predicted octanol–water partition coefficient (Wildman–Crippen LogP) is -0.0650. The molecule has 0 aliphatic carbocycles. The number of hydrogen-bond donors (Lipinski definition) is 3. The fourth-order valence-electron chi connectivity index (χ4n) is 1.36. The fraction of sp³-hybridized carbons (Fsp3) is 0.364. The molecule has 4 N–H and O–H groups in total. The van der Waals surface area contributed by atoms with Gasteiger partial charge in [-0.25, -0.2) is 9.18 Å². The molecule has 6 heteroatoms. The molecule has 0 bridgehead atoms. The molecule has 0 saturated heterocycles.